The molecular formula is C9H9ClO3. The quantitative estimate of drug-likeness (QED) is 0.552. The molecule has 1 rings (SSSR count). The van der Waals surface area contributed by atoms with Crippen LogP contribution in [0.4, 0.5) is 0 Å². The summed E-state index contributed by atoms with van der Waals surface area (Å²) < 4.78 is 9.82. The van der Waals surface area contributed by atoms with E-state index in [1.165, 1.54) is 7.11 Å². The Kier molecular flexibility index (Phi) is 3.73. The predicted molar refractivity (Wildman–Crippen MR) is 49.3 cm³/mol. The topological polar surface area (TPSA) is 35.5 Å². The summed E-state index contributed by atoms with van der Waals surface area (Å²) in [7, 11) is 1.51. The molecule has 0 radical (unpaired) electrons. The third-order valence-electron chi connectivity index (χ3n) is 1.46. The van der Waals surface area contributed by atoms with Gasteiger partial charge in [-0.2, -0.15) is 0 Å². The molecule has 70 valence electrons. The summed E-state index contributed by atoms with van der Waals surface area (Å²) >= 11 is 5.76. The van der Waals surface area contributed by atoms with Crippen molar-refractivity contribution in [1.82, 2.24) is 0 Å². The van der Waals surface area contributed by atoms with Crippen LogP contribution in [0.25, 0.3) is 0 Å². The average molecular weight is 201 g/mol. The molecule has 4 heteroatoms. The Morgan fingerprint density at radius 1 is 1.54 bits per heavy atom. The Hall–Kier alpha value is -1.06. The molecule has 0 N–H and O–H groups in total. The summed E-state index contributed by atoms with van der Waals surface area (Å²) in [5.74, 6) is 0.435. The zero-order chi connectivity index (χ0) is 9.68. The van der Waals surface area contributed by atoms with Crippen molar-refractivity contribution in [3.05, 3.63) is 28.8 Å². The summed E-state index contributed by atoms with van der Waals surface area (Å²) in [5.41, 5.74) is 0.348. The van der Waals surface area contributed by atoms with Crippen LogP contribution < -0.4 is 4.74 Å². The Balaban J connectivity index is 2.91. The fraction of sp³-hybridized carbons (Fsp3) is 0.222. The minimum atomic E-state index is 0.0984. The molecule has 1 aromatic carbocycles. The molecule has 0 bridgehead atoms. The number of rotatable bonds is 4. The second-order valence-corrected chi connectivity index (χ2v) is 2.73. The minimum Gasteiger partial charge on any atom is -0.467 e. The Morgan fingerprint density at radius 2 is 2.31 bits per heavy atom. The maximum atomic E-state index is 10.6. The van der Waals surface area contributed by atoms with Crippen LogP contribution in [-0.4, -0.2) is 20.2 Å². The van der Waals surface area contributed by atoms with E-state index in [2.05, 4.69) is 0 Å². The second kappa shape index (κ2) is 4.84. The van der Waals surface area contributed by atoms with E-state index in [1.54, 1.807) is 18.2 Å². The first-order chi connectivity index (χ1) is 6.29. The molecular weight excluding hydrogens is 192 g/mol. The van der Waals surface area contributed by atoms with Crippen LogP contribution in [-0.2, 0) is 4.74 Å². The van der Waals surface area contributed by atoms with E-state index in [0.717, 1.165) is 0 Å². The van der Waals surface area contributed by atoms with Gasteiger partial charge >= 0.3 is 0 Å². The first kappa shape index (κ1) is 10.0. The minimum absolute atomic E-state index is 0.0984. The largest absolute Gasteiger partial charge is 0.467 e. The molecule has 0 saturated heterocycles. The van der Waals surface area contributed by atoms with Crippen LogP contribution in [0.5, 0.6) is 5.75 Å². The van der Waals surface area contributed by atoms with Crippen LogP contribution in [0, 0.1) is 0 Å². The molecule has 0 aliphatic rings. The third-order valence-corrected chi connectivity index (χ3v) is 1.79. The van der Waals surface area contributed by atoms with Crippen molar-refractivity contribution in [3.8, 4) is 5.75 Å². The summed E-state index contributed by atoms with van der Waals surface area (Å²) in [5, 5.41) is 0.378. The van der Waals surface area contributed by atoms with E-state index in [-0.39, 0.29) is 6.79 Å². The lowest BCUT2D eigenvalue weighted by atomic mass is 10.2. The van der Waals surface area contributed by atoms with Crippen LogP contribution in [0.1, 0.15) is 10.4 Å². The van der Waals surface area contributed by atoms with Gasteiger partial charge in [0, 0.05) is 7.11 Å². The molecule has 0 saturated carbocycles. The molecule has 0 aromatic heterocycles. The van der Waals surface area contributed by atoms with Gasteiger partial charge < -0.3 is 9.47 Å². The fourth-order valence-corrected chi connectivity index (χ4v) is 1.09. The van der Waals surface area contributed by atoms with E-state index >= 15 is 0 Å². The zero-order valence-electron chi connectivity index (χ0n) is 7.12. The number of hydrogen-bond donors (Lipinski definition) is 0. The Bertz CT molecular complexity index is 299. The maximum absolute atomic E-state index is 10.6. The number of carbonyl (C=O) groups is 1. The van der Waals surface area contributed by atoms with Gasteiger partial charge in [-0.15, -0.1) is 0 Å². The normalized spacial score (nSPS) is 9.69. The lowest BCUT2D eigenvalue weighted by Gasteiger charge is -2.07. The van der Waals surface area contributed by atoms with Crippen LogP contribution in [0.15, 0.2) is 18.2 Å². The van der Waals surface area contributed by atoms with Gasteiger partial charge in [0.15, 0.2) is 13.1 Å². The van der Waals surface area contributed by atoms with Crippen molar-refractivity contribution in [2.75, 3.05) is 13.9 Å². The number of methoxy groups -OCH3 is 1. The van der Waals surface area contributed by atoms with E-state index in [9.17, 15) is 4.79 Å². The second-order valence-electron chi connectivity index (χ2n) is 2.32. The number of carbonyl (C=O) groups excluding carboxylic acids is 1. The molecule has 13 heavy (non-hydrogen) atoms. The van der Waals surface area contributed by atoms with Gasteiger partial charge in [0.05, 0.1) is 10.6 Å². The lowest BCUT2D eigenvalue weighted by molar-refractivity contribution is 0.0505. The van der Waals surface area contributed by atoms with Gasteiger partial charge in [0.25, 0.3) is 0 Å². The molecule has 0 fully saturated rings. The molecule has 0 aliphatic carbocycles. The highest BCUT2D eigenvalue weighted by atomic mass is 35.5. The molecule has 0 amide bonds. The zero-order valence-corrected chi connectivity index (χ0v) is 7.88. The number of ether oxygens (including phenoxy) is 2. The van der Waals surface area contributed by atoms with Crippen molar-refractivity contribution < 1.29 is 14.3 Å². The number of hydrogen-bond acceptors (Lipinski definition) is 3. The fourth-order valence-electron chi connectivity index (χ4n) is 0.880. The highest BCUT2D eigenvalue weighted by Gasteiger charge is 2.06. The van der Waals surface area contributed by atoms with Gasteiger partial charge in [-0.05, 0) is 12.1 Å². The highest BCUT2D eigenvalue weighted by molar-refractivity contribution is 6.33. The van der Waals surface area contributed by atoms with Crippen LogP contribution >= 0.6 is 11.6 Å². The van der Waals surface area contributed by atoms with Crippen molar-refractivity contribution >= 4 is 17.9 Å². The van der Waals surface area contributed by atoms with Gasteiger partial charge in [-0.3, -0.25) is 4.79 Å². The van der Waals surface area contributed by atoms with Crippen molar-refractivity contribution in [1.29, 1.82) is 0 Å². The van der Waals surface area contributed by atoms with E-state index in [4.69, 9.17) is 21.1 Å². The van der Waals surface area contributed by atoms with E-state index in [0.29, 0.717) is 22.6 Å². The van der Waals surface area contributed by atoms with Crippen molar-refractivity contribution in [2.24, 2.45) is 0 Å². The van der Waals surface area contributed by atoms with E-state index < -0.39 is 0 Å². The van der Waals surface area contributed by atoms with Crippen molar-refractivity contribution in [2.45, 2.75) is 0 Å². The molecule has 1 aromatic rings. The maximum Gasteiger partial charge on any atom is 0.188 e. The number of halogens is 1. The average Bonchev–Trinajstić information content (AvgIpc) is 2.15. The molecule has 3 nitrogen and oxygen atoms in total. The predicted octanol–water partition coefficient (Wildman–Crippen LogP) is 2.14. The van der Waals surface area contributed by atoms with Gasteiger partial charge in [0.2, 0.25) is 0 Å². The van der Waals surface area contributed by atoms with Gasteiger partial charge in [-0.25, -0.2) is 0 Å². The number of aldehydes is 1. The van der Waals surface area contributed by atoms with Crippen LogP contribution in [0.3, 0.4) is 0 Å². The highest BCUT2D eigenvalue weighted by Crippen LogP contribution is 2.24. The monoisotopic (exact) mass is 200 g/mol. The van der Waals surface area contributed by atoms with E-state index in [1.807, 2.05) is 0 Å². The van der Waals surface area contributed by atoms with Crippen molar-refractivity contribution in [3.63, 3.8) is 0 Å². The molecule has 0 aliphatic heterocycles. The summed E-state index contributed by atoms with van der Waals surface area (Å²) in [4.78, 5) is 10.6. The molecule has 0 heterocycles. The molecule has 0 spiro atoms. The number of benzene rings is 1. The summed E-state index contributed by atoms with van der Waals surface area (Å²) in [6.45, 7) is 0.0984. The van der Waals surface area contributed by atoms with Gasteiger partial charge in [0.1, 0.15) is 5.75 Å². The Morgan fingerprint density at radius 3 is 2.92 bits per heavy atom. The molecule has 0 unspecified atom stereocenters. The standard InChI is InChI=1S/C9H9ClO3/c1-12-6-13-9-4-2-3-8(10)7(9)5-11/h2-5H,6H2,1H3. The third kappa shape index (κ3) is 2.44. The van der Waals surface area contributed by atoms with Crippen LogP contribution in [0.2, 0.25) is 5.02 Å². The molecule has 0 atom stereocenters. The Labute approximate surface area is 81.2 Å². The van der Waals surface area contributed by atoms with Gasteiger partial charge in [-0.1, -0.05) is 17.7 Å². The first-order valence-corrected chi connectivity index (χ1v) is 4.03. The summed E-state index contributed by atoms with van der Waals surface area (Å²) in [6, 6.07) is 5.00. The lowest BCUT2D eigenvalue weighted by Crippen LogP contribution is -2.01. The SMILES string of the molecule is COCOc1cccc(Cl)c1C=O. The first-order valence-electron chi connectivity index (χ1n) is 3.65. The summed E-state index contributed by atoms with van der Waals surface area (Å²) in [6.07, 6.45) is 0.660. The smallest absolute Gasteiger partial charge is 0.188 e.